The summed E-state index contributed by atoms with van der Waals surface area (Å²) >= 11 is 4.95. The van der Waals surface area contributed by atoms with Gasteiger partial charge in [0.1, 0.15) is 11.9 Å². The molecule has 2 aromatic carbocycles. The summed E-state index contributed by atoms with van der Waals surface area (Å²) in [5.74, 6) is -0.195. The highest BCUT2D eigenvalue weighted by Gasteiger charge is 2.31. The summed E-state index contributed by atoms with van der Waals surface area (Å²) in [5, 5.41) is 7.05. The van der Waals surface area contributed by atoms with Crippen molar-refractivity contribution < 1.29 is 17.6 Å². The van der Waals surface area contributed by atoms with E-state index in [1.165, 1.54) is 18.2 Å². The summed E-state index contributed by atoms with van der Waals surface area (Å²) in [6, 6.07) is 11.0. The molecule has 0 saturated carbocycles. The quantitative estimate of drug-likeness (QED) is 0.421. The minimum atomic E-state index is -3.78. The van der Waals surface area contributed by atoms with Gasteiger partial charge in [-0.05, 0) is 67.8 Å². The molecule has 0 aliphatic carbocycles. The standard InChI is InChI=1S/C25H30FN5O3S2/c1-18(31-12-2-3-19-17-20(26)4-9-23(19)31)25(32)30-15-13-29(14-16-30)21-5-7-22(8-6-21)36(33,34)28-24(35)10-11-27/h4-9,11,17-18,27H,2-3,10,12-16H2,1H3,(H,28,35)/t18-/m1/s1. The molecule has 0 unspecified atom stereocenters. The van der Waals surface area contributed by atoms with Crippen LogP contribution >= 0.6 is 12.2 Å². The zero-order chi connectivity index (χ0) is 25.9. The number of halogens is 1. The van der Waals surface area contributed by atoms with Crippen LogP contribution in [0.1, 0.15) is 25.3 Å². The fraction of sp³-hybridized carbons (Fsp3) is 0.400. The second-order valence-electron chi connectivity index (χ2n) is 8.99. The molecular weight excluding hydrogens is 501 g/mol. The molecule has 0 spiro atoms. The van der Waals surface area contributed by atoms with Gasteiger partial charge in [0.25, 0.3) is 10.0 Å². The molecule has 11 heteroatoms. The van der Waals surface area contributed by atoms with Gasteiger partial charge in [-0.3, -0.25) is 9.52 Å². The van der Waals surface area contributed by atoms with Crippen LogP contribution in [0.4, 0.5) is 15.8 Å². The number of carbonyl (C=O) groups excluding carboxylic acids is 1. The highest BCUT2D eigenvalue weighted by atomic mass is 32.2. The van der Waals surface area contributed by atoms with Crippen LogP contribution in [-0.4, -0.2) is 69.2 Å². The van der Waals surface area contributed by atoms with Gasteiger partial charge in [0, 0.05) is 56.7 Å². The molecule has 4 rings (SSSR count). The molecule has 8 nitrogen and oxygen atoms in total. The number of nitrogens with one attached hydrogen (secondary N) is 2. The highest BCUT2D eigenvalue weighted by Crippen LogP contribution is 2.30. The molecule has 2 aliphatic heterocycles. The van der Waals surface area contributed by atoms with Gasteiger partial charge in [-0.25, -0.2) is 12.8 Å². The Balaban J connectivity index is 1.36. The molecule has 36 heavy (non-hydrogen) atoms. The maximum absolute atomic E-state index is 13.7. The molecule has 0 aromatic heterocycles. The predicted molar refractivity (Wildman–Crippen MR) is 143 cm³/mol. The molecule has 1 saturated heterocycles. The van der Waals surface area contributed by atoms with E-state index in [-0.39, 0.29) is 34.1 Å². The monoisotopic (exact) mass is 531 g/mol. The second-order valence-corrected chi connectivity index (χ2v) is 11.2. The third-order valence-electron chi connectivity index (χ3n) is 6.66. The number of aryl methyl sites for hydroxylation is 1. The number of nitrogens with zero attached hydrogens (tertiary/aromatic N) is 3. The first-order valence-corrected chi connectivity index (χ1v) is 13.8. The summed E-state index contributed by atoms with van der Waals surface area (Å²) in [6.07, 6.45) is 2.82. The van der Waals surface area contributed by atoms with E-state index in [4.69, 9.17) is 17.6 Å². The summed E-state index contributed by atoms with van der Waals surface area (Å²) in [4.78, 5) is 19.5. The van der Waals surface area contributed by atoms with E-state index in [0.717, 1.165) is 42.5 Å². The number of carbonyl (C=O) groups is 1. The summed E-state index contributed by atoms with van der Waals surface area (Å²) in [6.45, 7) is 5.07. The number of piperazine rings is 1. The maximum Gasteiger partial charge on any atom is 0.262 e. The largest absolute Gasteiger partial charge is 0.368 e. The molecule has 1 fully saturated rings. The van der Waals surface area contributed by atoms with Gasteiger partial charge in [0.15, 0.2) is 0 Å². The predicted octanol–water partition coefficient (Wildman–Crippen LogP) is 2.96. The van der Waals surface area contributed by atoms with Gasteiger partial charge in [-0.15, -0.1) is 0 Å². The third-order valence-corrected chi connectivity index (χ3v) is 8.47. The molecule has 0 radical (unpaired) electrons. The Kier molecular flexibility index (Phi) is 7.89. The first kappa shape index (κ1) is 26.0. The number of thiocarbonyl (C=S) groups is 1. The van der Waals surface area contributed by atoms with Gasteiger partial charge >= 0.3 is 0 Å². The molecule has 2 aromatic rings. The van der Waals surface area contributed by atoms with Crippen LogP contribution in [0.25, 0.3) is 0 Å². The third kappa shape index (κ3) is 5.67. The van der Waals surface area contributed by atoms with Crippen LogP contribution < -0.4 is 14.5 Å². The molecule has 0 bridgehead atoms. The Morgan fingerprint density at radius 2 is 1.83 bits per heavy atom. The van der Waals surface area contributed by atoms with Crippen molar-refractivity contribution in [3.8, 4) is 0 Å². The molecule has 2 heterocycles. The van der Waals surface area contributed by atoms with Crippen LogP contribution in [-0.2, 0) is 21.2 Å². The summed E-state index contributed by atoms with van der Waals surface area (Å²) in [7, 11) is -3.78. The van der Waals surface area contributed by atoms with E-state index >= 15 is 0 Å². The molecular formula is C25H30FN5O3S2. The van der Waals surface area contributed by atoms with Gasteiger partial charge < -0.3 is 20.1 Å². The maximum atomic E-state index is 13.7. The number of hydrogen-bond donors (Lipinski definition) is 2. The Labute approximate surface area is 216 Å². The van der Waals surface area contributed by atoms with Gasteiger partial charge in [0.2, 0.25) is 5.91 Å². The average Bonchev–Trinajstić information content (AvgIpc) is 2.87. The van der Waals surface area contributed by atoms with Crippen molar-refractivity contribution in [2.24, 2.45) is 0 Å². The number of benzene rings is 2. The highest BCUT2D eigenvalue weighted by molar-refractivity contribution is 7.91. The number of fused-ring (bicyclic) bond motifs is 1. The zero-order valence-electron chi connectivity index (χ0n) is 20.1. The lowest BCUT2D eigenvalue weighted by Gasteiger charge is -2.41. The Morgan fingerprint density at radius 1 is 1.14 bits per heavy atom. The normalized spacial score (nSPS) is 16.8. The number of hydrogen-bond acceptors (Lipinski definition) is 7. The van der Waals surface area contributed by atoms with Crippen molar-refractivity contribution in [2.45, 2.75) is 37.1 Å². The van der Waals surface area contributed by atoms with Crippen LogP contribution in [0.3, 0.4) is 0 Å². The number of amides is 1. The van der Waals surface area contributed by atoms with E-state index in [2.05, 4.69) is 14.5 Å². The van der Waals surface area contributed by atoms with Crippen molar-refractivity contribution in [1.82, 2.24) is 9.62 Å². The molecule has 192 valence electrons. The number of anilines is 2. The van der Waals surface area contributed by atoms with E-state index < -0.39 is 10.0 Å². The first-order valence-electron chi connectivity index (χ1n) is 11.9. The smallest absolute Gasteiger partial charge is 0.262 e. The van der Waals surface area contributed by atoms with Crippen molar-refractivity contribution in [1.29, 1.82) is 5.41 Å². The van der Waals surface area contributed by atoms with Gasteiger partial charge in [0.05, 0.1) is 9.88 Å². The van der Waals surface area contributed by atoms with E-state index in [9.17, 15) is 17.6 Å². The van der Waals surface area contributed by atoms with Crippen LogP contribution in [0.5, 0.6) is 0 Å². The zero-order valence-corrected chi connectivity index (χ0v) is 21.7. The second kappa shape index (κ2) is 10.9. The Hall–Kier alpha value is -3.05. The van der Waals surface area contributed by atoms with Crippen LogP contribution in [0, 0.1) is 11.2 Å². The topological polar surface area (TPSA) is 96.8 Å². The lowest BCUT2D eigenvalue weighted by Crippen LogP contribution is -2.55. The van der Waals surface area contributed by atoms with E-state index in [1.807, 2.05) is 11.8 Å². The Morgan fingerprint density at radius 3 is 2.50 bits per heavy atom. The average molecular weight is 532 g/mol. The molecule has 1 atom stereocenters. The summed E-state index contributed by atoms with van der Waals surface area (Å²) in [5.41, 5.74) is 2.76. The molecule has 1 amide bonds. The minimum Gasteiger partial charge on any atom is -0.368 e. The van der Waals surface area contributed by atoms with E-state index in [0.29, 0.717) is 26.2 Å². The lowest BCUT2D eigenvalue weighted by atomic mass is 9.99. The molecule has 2 aliphatic rings. The summed E-state index contributed by atoms with van der Waals surface area (Å²) < 4.78 is 40.9. The van der Waals surface area contributed by atoms with Crippen molar-refractivity contribution in [3.63, 3.8) is 0 Å². The van der Waals surface area contributed by atoms with Gasteiger partial charge in [-0.2, -0.15) is 0 Å². The van der Waals surface area contributed by atoms with Crippen molar-refractivity contribution in [2.75, 3.05) is 42.5 Å². The lowest BCUT2D eigenvalue weighted by molar-refractivity contribution is -0.132. The first-order chi connectivity index (χ1) is 17.2. The van der Waals surface area contributed by atoms with Crippen molar-refractivity contribution >= 4 is 50.7 Å². The number of sulfonamides is 1. The SMILES string of the molecule is C[C@H](C(=O)N1CCN(c2ccc(S(=O)(=O)NC(=S)CC=N)cc2)CC1)N1CCCc2cc(F)ccc21. The van der Waals surface area contributed by atoms with Crippen LogP contribution in [0.15, 0.2) is 47.4 Å². The molecule has 2 N–H and O–H groups in total. The number of rotatable bonds is 7. The van der Waals surface area contributed by atoms with Crippen molar-refractivity contribution in [3.05, 3.63) is 53.8 Å². The van der Waals surface area contributed by atoms with Crippen LogP contribution in [0.2, 0.25) is 0 Å². The van der Waals surface area contributed by atoms with Gasteiger partial charge in [-0.1, -0.05) is 12.2 Å². The Bertz CT molecular complexity index is 1240. The van der Waals surface area contributed by atoms with E-state index in [1.54, 1.807) is 24.3 Å². The fourth-order valence-electron chi connectivity index (χ4n) is 4.76. The minimum absolute atomic E-state index is 0.0558. The fourth-order valence-corrected chi connectivity index (χ4v) is 6.17.